The van der Waals surface area contributed by atoms with Crippen molar-refractivity contribution in [3.8, 4) is 23.0 Å². The molecule has 36 heavy (non-hydrogen) atoms. The Kier molecular flexibility index (Phi) is 6.25. The monoisotopic (exact) mass is 487 g/mol. The number of aromatic hydroxyl groups is 1. The second-order valence-corrected chi connectivity index (χ2v) is 8.52. The fourth-order valence-electron chi connectivity index (χ4n) is 4.56. The maximum Gasteiger partial charge on any atom is 0.295 e. The van der Waals surface area contributed by atoms with Crippen molar-refractivity contribution in [2.45, 2.75) is 12.5 Å². The number of carbonyl (C=O) groups excluding carboxylic acids is 2. The van der Waals surface area contributed by atoms with Gasteiger partial charge in [-0.3, -0.25) is 9.59 Å². The third-order valence-electron chi connectivity index (χ3n) is 6.36. The molecule has 2 N–H and O–H groups in total. The van der Waals surface area contributed by atoms with Crippen molar-refractivity contribution < 1.29 is 34.0 Å². The van der Waals surface area contributed by atoms with Crippen molar-refractivity contribution >= 4 is 17.4 Å². The van der Waals surface area contributed by atoms with Gasteiger partial charge in [-0.15, -0.1) is 0 Å². The quantitative estimate of drug-likeness (QED) is 0.309. The number of hydrogen-bond donors (Lipinski definition) is 2. The zero-order valence-electron chi connectivity index (χ0n) is 19.6. The minimum Gasteiger partial charge on any atom is -0.507 e. The smallest absolute Gasteiger partial charge is 0.295 e. The van der Waals surface area contributed by atoms with Gasteiger partial charge >= 0.3 is 0 Å². The van der Waals surface area contributed by atoms with Gasteiger partial charge in [0.2, 0.25) is 0 Å². The van der Waals surface area contributed by atoms with Crippen LogP contribution < -0.4 is 14.2 Å². The summed E-state index contributed by atoms with van der Waals surface area (Å²) in [6, 6.07) is 18.2. The third kappa shape index (κ3) is 4.22. The maximum atomic E-state index is 13.3. The van der Waals surface area contributed by atoms with Crippen molar-refractivity contribution in [2.24, 2.45) is 0 Å². The van der Waals surface area contributed by atoms with Crippen molar-refractivity contribution in [3.05, 3.63) is 89.0 Å². The van der Waals surface area contributed by atoms with Crippen LogP contribution in [0.1, 0.15) is 22.7 Å². The van der Waals surface area contributed by atoms with Crippen LogP contribution in [0.25, 0.3) is 5.76 Å². The van der Waals surface area contributed by atoms with Gasteiger partial charge in [-0.2, -0.15) is 0 Å². The topological polar surface area (TPSA) is 106 Å². The van der Waals surface area contributed by atoms with E-state index in [1.165, 1.54) is 18.1 Å². The molecule has 0 aromatic heterocycles. The standard InChI is InChI=1S/C28H25NO7/c1-34-22-15-18(7-9-20(22)30)25-24(26(31)19-8-10-21-23(16-19)36-14-13-35-21)27(32)28(33)29(25)12-11-17-5-3-2-4-6-17/h2-10,15-16,25,30-31H,11-14H2,1H3. The number of ketones is 1. The molecule has 184 valence electrons. The average molecular weight is 488 g/mol. The molecule has 0 spiro atoms. The van der Waals surface area contributed by atoms with Gasteiger partial charge in [-0.25, -0.2) is 0 Å². The van der Waals surface area contributed by atoms with E-state index in [-0.39, 0.29) is 29.4 Å². The number of nitrogens with zero attached hydrogens (tertiary/aromatic N) is 1. The molecule has 0 bridgehead atoms. The lowest BCUT2D eigenvalue weighted by Gasteiger charge is -2.26. The van der Waals surface area contributed by atoms with Gasteiger partial charge in [0, 0.05) is 12.1 Å². The molecule has 8 heteroatoms. The molecule has 5 rings (SSSR count). The largest absolute Gasteiger partial charge is 0.507 e. The van der Waals surface area contributed by atoms with Crippen LogP contribution in [0.15, 0.2) is 72.3 Å². The van der Waals surface area contributed by atoms with Crippen LogP contribution in [0.2, 0.25) is 0 Å². The lowest BCUT2D eigenvalue weighted by molar-refractivity contribution is -0.139. The molecule has 1 unspecified atom stereocenters. The van der Waals surface area contributed by atoms with Gasteiger partial charge in [0.15, 0.2) is 23.0 Å². The average Bonchev–Trinajstić information content (AvgIpc) is 3.17. The summed E-state index contributed by atoms with van der Waals surface area (Å²) < 4.78 is 16.4. The summed E-state index contributed by atoms with van der Waals surface area (Å²) in [6.07, 6.45) is 0.518. The number of hydrogen-bond acceptors (Lipinski definition) is 7. The lowest BCUT2D eigenvalue weighted by atomic mass is 9.94. The van der Waals surface area contributed by atoms with Gasteiger partial charge in [0.25, 0.3) is 11.7 Å². The number of likely N-dealkylation sites (tertiary alicyclic amines) is 1. The number of fused-ring (bicyclic) bond motifs is 1. The number of phenols is 1. The number of ether oxygens (including phenoxy) is 3. The predicted molar refractivity (Wildman–Crippen MR) is 131 cm³/mol. The van der Waals surface area contributed by atoms with Crippen molar-refractivity contribution in [3.63, 3.8) is 0 Å². The van der Waals surface area contributed by atoms with E-state index in [4.69, 9.17) is 14.2 Å². The highest BCUT2D eigenvalue weighted by Gasteiger charge is 2.46. The summed E-state index contributed by atoms with van der Waals surface area (Å²) >= 11 is 0. The number of aliphatic hydroxyl groups is 1. The summed E-state index contributed by atoms with van der Waals surface area (Å²) in [5, 5.41) is 21.4. The molecule has 0 saturated carbocycles. The highest BCUT2D eigenvalue weighted by Crippen LogP contribution is 2.43. The van der Waals surface area contributed by atoms with E-state index in [0.717, 1.165) is 5.56 Å². The summed E-state index contributed by atoms with van der Waals surface area (Å²) in [4.78, 5) is 28.0. The molecule has 8 nitrogen and oxygen atoms in total. The number of benzene rings is 3. The summed E-state index contributed by atoms with van der Waals surface area (Å²) in [6.45, 7) is 1.04. The molecular weight excluding hydrogens is 462 g/mol. The fraction of sp³-hybridized carbons (Fsp3) is 0.214. The Morgan fingerprint density at radius 1 is 1.00 bits per heavy atom. The normalized spacial score (nSPS) is 18.4. The molecule has 3 aromatic rings. The molecule has 1 amide bonds. The van der Waals surface area contributed by atoms with E-state index in [9.17, 15) is 19.8 Å². The van der Waals surface area contributed by atoms with Gasteiger partial charge < -0.3 is 29.3 Å². The SMILES string of the molecule is COc1cc(C2C(=C(O)c3ccc4c(c3)OCCO4)C(=O)C(=O)N2CCc2ccccc2)ccc1O. The molecule has 3 aromatic carbocycles. The van der Waals surface area contributed by atoms with Crippen LogP contribution in [-0.2, 0) is 16.0 Å². The first-order valence-electron chi connectivity index (χ1n) is 11.6. The summed E-state index contributed by atoms with van der Waals surface area (Å²) in [5.74, 6) is -0.693. The Balaban J connectivity index is 1.60. The van der Waals surface area contributed by atoms with E-state index < -0.39 is 17.7 Å². The molecule has 2 aliphatic heterocycles. The number of carbonyl (C=O) groups is 2. The minimum atomic E-state index is -0.878. The Hall–Kier alpha value is -4.46. The first-order chi connectivity index (χ1) is 17.5. The van der Waals surface area contributed by atoms with Crippen LogP contribution in [0.5, 0.6) is 23.0 Å². The molecule has 0 aliphatic carbocycles. The Morgan fingerprint density at radius 3 is 2.50 bits per heavy atom. The number of methoxy groups -OCH3 is 1. The summed E-state index contributed by atoms with van der Waals surface area (Å²) in [7, 11) is 1.42. The van der Waals surface area contributed by atoms with E-state index in [1.54, 1.807) is 30.3 Å². The van der Waals surface area contributed by atoms with Crippen LogP contribution >= 0.6 is 0 Å². The van der Waals surface area contributed by atoms with Crippen LogP contribution in [0.4, 0.5) is 0 Å². The van der Waals surface area contributed by atoms with Crippen LogP contribution in [0, 0.1) is 0 Å². The van der Waals surface area contributed by atoms with Gasteiger partial charge in [-0.1, -0.05) is 36.4 Å². The van der Waals surface area contributed by atoms with Gasteiger partial charge in [-0.05, 0) is 47.9 Å². The highest BCUT2D eigenvalue weighted by molar-refractivity contribution is 6.46. The van der Waals surface area contributed by atoms with Crippen LogP contribution in [-0.4, -0.2) is 53.7 Å². The first kappa shape index (κ1) is 23.3. The zero-order chi connectivity index (χ0) is 25.2. The Labute approximate surface area is 208 Å². The number of amides is 1. The molecule has 1 atom stereocenters. The predicted octanol–water partition coefficient (Wildman–Crippen LogP) is 3.84. The number of aliphatic hydroxyl groups excluding tert-OH is 1. The van der Waals surface area contributed by atoms with Crippen molar-refractivity contribution in [2.75, 3.05) is 26.9 Å². The van der Waals surface area contributed by atoms with E-state index >= 15 is 0 Å². The number of phenolic OH excluding ortho intramolecular Hbond substituents is 1. The Morgan fingerprint density at radius 2 is 1.75 bits per heavy atom. The minimum absolute atomic E-state index is 0.0440. The first-order valence-corrected chi connectivity index (χ1v) is 11.6. The second-order valence-electron chi connectivity index (χ2n) is 8.52. The zero-order valence-corrected chi connectivity index (χ0v) is 19.6. The lowest BCUT2D eigenvalue weighted by Crippen LogP contribution is -2.31. The third-order valence-corrected chi connectivity index (χ3v) is 6.36. The summed E-state index contributed by atoms with van der Waals surface area (Å²) in [5.41, 5.74) is 1.82. The molecule has 1 fully saturated rings. The van der Waals surface area contributed by atoms with E-state index in [0.29, 0.717) is 42.3 Å². The number of rotatable bonds is 6. The van der Waals surface area contributed by atoms with Crippen molar-refractivity contribution in [1.82, 2.24) is 4.90 Å². The highest BCUT2D eigenvalue weighted by atomic mass is 16.6. The number of Topliss-reactive ketones (excluding diaryl/α,β-unsaturated/α-hetero) is 1. The molecule has 2 aliphatic rings. The maximum absolute atomic E-state index is 13.3. The van der Waals surface area contributed by atoms with Gasteiger partial charge in [0.05, 0.1) is 18.7 Å². The molecule has 2 heterocycles. The Bertz CT molecular complexity index is 1350. The molecule has 0 radical (unpaired) electrons. The van der Waals surface area contributed by atoms with E-state index in [2.05, 4.69) is 0 Å². The second kappa shape index (κ2) is 9.65. The van der Waals surface area contributed by atoms with Gasteiger partial charge in [0.1, 0.15) is 19.0 Å². The van der Waals surface area contributed by atoms with E-state index in [1.807, 2.05) is 30.3 Å². The fourth-order valence-corrected chi connectivity index (χ4v) is 4.56. The van der Waals surface area contributed by atoms with Crippen LogP contribution in [0.3, 0.4) is 0 Å². The molecular formula is C28H25NO7. The van der Waals surface area contributed by atoms with Crippen molar-refractivity contribution in [1.29, 1.82) is 0 Å². The molecule has 1 saturated heterocycles.